The molecule has 0 amide bonds. The molecule has 24 heavy (non-hydrogen) atoms. The topological polar surface area (TPSA) is 69.4 Å². The first kappa shape index (κ1) is 16.4. The number of Topliss-reactive ketones (excluding diaryl/α,β-unsaturated/α-hetero) is 1. The predicted octanol–water partition coefficient (Wildman–Crippen LogP) is 3.11. The molecular formula is C17H18N4O2S. The quantitative estimate of drug-likeness (QED) is 0.506. The molecule has 0 N–H and O–H groups in total. The van der Waals surface area contributed by atoms with E-state index in [1.807, 2.05) is 43.4 Å². The Kier molecular flexibility index (Phi) is 4.80. The van der Waals surface area contributed by atoms with Crippen LogP contribution in [-0.2, 0) is 0 Å². The third-order valence-electron chi connectivity index (χ3n) is 3.48. The summed E-state index contributed by atoms with van der Waals surface area (Å²) in [5.74, 6) is 1.66. The van der Waals surface area contributed by atoms with Gasteiger partial charge in [0.25, 0.3) is 5.78 Å². The van der Waals surface area contributed by atoms with Crippen molar-refractivity contribution in [2.24, 2.45) is 0 Å². The molecule has 6 nitrogen and oxygen atoms in total. The van der Waals surface area contributed by atoms with Crippen LogP contribution < -0.4 is 4.74 Å². The Morgan fingerprint density at radius 2 is 1.96 bits per heavy atom. The van der Waals surface area contributed by atoms with Crippen LogP contribution in [-0.4, -0.2) is 37.7 Å². The van der Waals surface area contributed by atoms with Gasteiger partial charge < -0.3 is 4.74 Å². The SMILES string of the molecule is CCOc1ccc(C(=O)CSc2nnc3nc(C)cc(C)n23)cc1. The van der Waals surface area contributed by atoms with Gasteiger partial charge in [-0.25, -0.2) is 4.98 Å². The first-order valence-corrected chi connectivity index (χ1v) is 8.65. The number of benzene rings is 1. The third-order valence-corrected chi connectivity index (χ3v) is 4.41. The van der Waals surface area contributed by atoms with Crippen molar-refractivity contribution in [2.45, 2.75) is 25.9 Å². The maximum absolute atomic E-state index is 12.3. The molecule has 0 radical (unpaired) electrons. The van der Waals surface area contributed by atoms with Crippen molar-refractivity contribution in [1.82, 2.24) is 19.6 Å². The maximum Gasteiger partial charge on any atom is 0.256 e. The van der Waals surface area contributed by atoms with E-state index >= 15 is 0 Å². The number of ketones is 1. The minimum Gasteiger partial charge on any atom is -0.494 e. The van der Waals surface area contributed by atoms with Crippen LogP contribution in [0.25, 0.3) is 5.78 Å². The van der Waals surface area contributed by atoms with Crippen LogP contribution >= 0.6 is 11.8 Å². The molecule has 2 aromatic heterocycles. The van der Waals surface area contributed by atoms with Gasteiger partial charge in [-0.3, -0.25) is 9.20 Å². The summed E-state index contributed by atoms with van der Waals surface area (Å²) in [4.78, 5) is 16.7. The van der Waals surface area contributed by atoms with Gasteiger partial charge >= 0.3 is 0 Å². The number of thioether (sulfide) groups is 1. The van der Waals surface area contributed by atoms with Crippen molar-refractivity contribution < 1.29 is 9.53 Å². The highest BCUT2D eigenvalue weighted by Gasteiger charge is 2.13. The number of carbonyl (C=O) groups is 1. The van der Waals surface area contributed by atoms with Crippen molar-refractivity contribution >= 4 is 23.3 Å². The van der Waals surface area contributed by atoms with Gasteiger partial charge in [0, 0.05) is 17.0 Å². The van der Waals surface area contributed by atoms with Gasteiger partial charge in [0.05, 0.1) is 12.4 Å². The fourth-order valence-corrected chi connectivity index (χ4v) is 3.29. The standard InChI is InChI=1S/C17H18N4O2S/c1-4-23-14-7-5-13(6-8-14)15(22)10-24-17-20-19-16-18-11(2)9-12(3)21(16)17/h5-9H,4,10H2,1-3H3. The van der Waals surface area contributed by atoms with E-state index in [4.69, 9.17) is 4.74 Å². The van der Waals surface area contributed by atoms with Gasteiger partial charge in [-0.15, -0.1) is 10.2 Å². The second-order valence-corrected chi connectivity index (χ2v) is 6.27. The lowest BCUT2D eigenvalue weighted by molar-refractivity contribution is 0.102. The van der Waals surface area contributed by atoms with E-state index in [1.165, 1.54) is 11.8 Å². The number of aryl methyl sites for hydroxylation is 2. The molecule has 0 saturated heterocycles. The monoisotopic (exact) mass is 342 g/mol. The van der Waals surface area contributed by atoms with Crippen LogP contribution in [0.3, 0.4) is 0 Å². The van der Waals surface area contributed by atoms with E-state index < -0.39 is 0 Å². The Morgan fingerprint density at radius 3 is 2.67 bits per heavy atom. The summed E-state index contributed by atoms with van der Waals surface area (Å²) in [6.45, 7) is 6.43. The minimum absolute atomic E-state index is 0.0394. The lowest BCUT2D eigenvalue weighted by Gasteiger charge is -2.05. The third kappa shape index (κ3) is 3.41. The zero-order valence-corrected chi connectivity index (χ0v) is 14.6. The first-order chi connectivity index (χ1) is 11.6. The highest BCUT2D eigenvalue weighted by atomic mass is 32.2. The second-order valence-electron chi connectivity index (χ2n) is 5.33. The average Bonchev–Trinajstić information content (AvgIpc) is 2.96. The molecule has 3 rings (SSSR count). The van der Waals surface area contributed by atoms with Gasteiger partial charge in [-0.05, 0) is 51.1 Å². The number of aromatic nitrogens is 4. The highest BCUT2D eigenvalue weighted by molar-refractivity contribution is 7.99. The summed E-state index contributed by atoms with van der Waals surface area (Å²) >= 11 is 1.36. The van der Waals surface area contributed by atoms with Gasteiger partial charge in [0.15, 0.2) is 10.9 Å². The maximum atomic E-state index is 12.3. The van der Waals surface area contributed by atoms with Crippen molar-refractivity contribution in [3.8, 4) is 5.75 Å². The van der Waals surface area contributed by atoms with Crippen LogP contribution in [0.15, 0.2) is 35.5 Å². The summed E-state index contributed by atoms with van der Waals surface area (Å²) in [5, 5.41) is 8.89. The molecule has 0 aliphatic carbocycles. The minimum atomic E-state index is 0.0394. The normalized spacial score (nSPS) is 11.0. The first-order valence-electron chi connectivity index (χ1n) is 7.66. The number of fused-ring (bicyclic) bond motifs is 1. The number of ether oxygens (including phenoxy) is 1. The van der Waals surface area contributed by atoms with Crippen molar-refractivity contribution in [2.75, 3.05) is 12.4 Å². The summed E-state index contributed by atoms with van der Waals surface area (Å²) in [6.07, 6.45) is 0. The van der Waals surface area contributed by atoms with Crippen LogP contribution in [0.1, 0.15) is 28.7 Å². The number of rotatable bonds is 6. The van der Waals surface area contributed by atoms with Crippen molar-refractivity contribution in [3.63, 3.8) is 0 Å². The lowest BCUT2D eigenvalue weighted by atomic mass is 10.1. The Hall–Kier alpha value is -2.41. The van der Waals surface area contributed by atoms with E-state index in [-0.39, 0.29) is 5.78 Å². The largest absolute Gasteiger partial charge is 0.494 e. The molecule has 1 aromatic carbocycles. The molecule has 0 fully saturated rings. The molecule has 124 valence electrons. The van der Waals surface area contributed by atoms with Crippen molar-refractivity contribution in [3.05, 3.63) is 47.3 Å². The average molecular weight is 342 g/mol. The molecule has 0 unspecified atom stereocenters. The molecule has 0 aliphatic heterocycles. The Bertz CT molecular complexity index is 874. The zero-order valence-electron chi connectivity index (χ0n) is 13.8. The van der Waals surface area contributed by atoms with Crippen LogP contribution in [0.2, 0.25) is 0 Å². The highest BCUT2D eigenvalue weighted by Crippen LogP contribution is 2.20. The molecule has 7 heteroatoms. The van der Waals surface area contributed by atoms with Crippen molar-refractivity contribution in [1.29, 1.82) is 0 Å². The van der Waals surface area contributed by atoms with Gasteiger partial charge in [0.2, 0.25) is 0 Å². The van der Waals surface area contributed by atoms with E-state index in [0.29, 0.717) is 28.9 Å². The lowest BCUT2D eigenvalue weighted by Crippen LogP contribution is -2.04. The fraction of sp³-hybridized carbons (Fsp3) is 0.294. The Balaban J connectivity index is 1.72. The van der Waals surface area contributed by atoms with E-state index in [9.17, 15) is 4.79 Å². The number of hydrogen-bond acceptors (Lipinski definition) is 6. The zero-order chi connectivity index (χ0) is 17.1. The van der Waals surface area contributed by atoms with E-state index in [2.05, 4.69) is 15.2 Å². The van der Waals surface area contributed by atoms with Gasteiger partial charge in [0.1, 0.15) is 5.75 Å². The number of hydrogen-bond donors (Lipinski definition) is 0. The molecule has 0 aliphatic rings. The summed E-state index contributed by atoms with van der Waals surface area (Å²) in [5.41, 5.74) is 2.55. The summed E-state index contributed by atoms with van der Waals surface area (Å²) in [6, 6.07) is 9.15. The van der Waals surface area contributed by atoms with E-state index in [0.717, 1.165) is 17.1 Å². The number of nitrogens with zero attached hydrogens (tertiary/aromatic N) is 4. The van der Waals surface area contributed by atoms with Crippen LogP contribution in [0.5, 0.6) is 5.75 Å². The van der Waals surface area contributed by atoms with Crippen LogP contribution in [0, 0.1) is 13.8 Å². The second kappa shape index (κ2) is 7.00. The van der Waals surface area contributed by atoms with E-state index in [1.54, 1.807) is 12.1 Å². The Labute approximate surface area is 144 Å². The fourth-order valence-electron chi connectivity index (χ4n) is 2.41. The smallest absolute Gasteiger partial charge is 0.256 e. The summed E-state index contributed by atoms with van der Waals surface area (Å²) < 4.78 is 7.25. The Morgan fingerprint density at radius 1 is 1.21 bits per heavy atom. The van der Waals surface area contributed by atoms with Gasteiger partial charge in [-0.2, -0.15) is 0 Å². The number of carbonyl (C=O) groups excluding carboxylic acids is 1. The molecule has 0 atom stereocenters. The van der Waals surface area contributed by atoms with Crippen LogP contribution in [0.4, 0.5) is 0 Å². The molecular weight excluding hydrogens is 324 g/mol. The van der Waals surface area contributed by atoms with Gasteiger partial charge in [-0.1, -0.05) is 11.8 Å². The summed E-state index contributed by atoms with van der Waals surface area (Å²) in [7, 11) is 0. The molecule has 0 bridgehead atoms. The molecule has 0 saturated carbocycles. The predicted molar refractivity (Wildman–Crippen MR) is 92.9 cm³/mol. The molecule has 0 spiro atoms. The molecule has 3 aromatic rings. The molecule has 2 heterocycles.